The van der Waals surface area contributed by atoms with Gasteiger partial charge < -0.3 is 0 Å². The molecule has 13 heavy (non-hydrogen) atoms. The van der Waals surface area contributed by atoms with Gasteiger partial charge in [-0.2, -0.15) is 35.4 Å². The van der Waals surface area contributed by atoms with Gasteiger partial charge in [0.05, 0.1) is 0 Å². The van der Waals surface area contributed by atoms with E-state index in [1.165, 1.54) is 11.1 Å². The Kier molecular flexibility index (Phi) is 6.08. The van der Waals surface area contributed by atoms with E-state index in [4.69, 9.17) is 0 Å². The molecule has 0 fully saturated rings. The van der Waals surface area contributed by atoms with Gasteiger partial charge in [0.1, 0.15) is 0 Å². The van der Waals surface area contributed by atoms with Crippen LogP contribution in [0.3, 0.4) is 0 Å². The molecule has 0 aliphatic rings. The summed E-state index contributed by atoms with van der Waals surface area (Å²) in [4.78, 5) is 0. The number of benzene rings is 1. The van der Waals surface area contributed by atoms with Crippen LogP contribution in [0.2, 0.25) is 0 Å². The van der Waals surface area contributed by atoms with Crippen LogP contribution in [0.5, 0.6) is 0 Å². The fraction of sp³-hybridized carbons (Fsp3) is 0.500. The van der Waals surface area contributed by atoms with Gasteiger partial charge in [0.25, 0.3) is 0 Å². The fourth-order valence-electron chi connectivity index (χ4n) is 1.48. The molecule has 0 bridgehead atoms. The molecule has 0 saturated carbocycles. The standard InChI is InChI=1S/C12H17.Y/c1-9(2)11-7-5-6-8-12(11)10(3)4;/h5,7-10H,1-4H3;/q-1;. The van der Waals surface area contributed by atoms with E-state index in [0.29, 0.717) is 11.8 Å². The summed E-state index contributed by atoms with van der Waals surface area (Å²) in [6.07, 6.45) is 0. The molecule has 0 amide bonds. The van der Waals surface area contributed by atoms with Crippen molar-refractivity contribution in [1.82, 2.24) is 0 Å². The van der Waals surface area contributed by atoms with E-state index in [1.54, 1.807) is 0 Å². The minimum absolute atomic E-state index is 0. The summed E-state index contributed by atoms with van der Waals surface area (Å²) in [6, 6.07) is 9.43. The minimum Gasteiger partial charge on any atom is -0.184 e. The summed E-state index contributed by atoms with van der Waals surface area (Å²) >= 11 is 0. The van der Waals surface area contributed by atoms with Gasteiger partial charge in [-0.25, -0.2) is 0 Å². The molecule has 1 radical (unpaired) electrons. The van der Waals surface area contributed by atoms with E-state index in [2.05, 4.69) is 45.9 Å². The zero-order chi connectivity index (χ0) is 9.14. The Labute approximate surface area is 107 Å². The maximum atomic E-state index is 3.14. The third-order valence-electron chi connectivity index (χ3n) is 2.18. The maximum Gasteiger partial charge on any atom is 0 e. The molecule has 0 aliphatic carbocycles. The van der Waals surface area contributed by atoms with Gasteiger partial charge in [0, 0.05) is 32.7 Å². The van der Waals surface area contributed by atoms with Crippen LogP contribution < -0.4 is 0 Å². The van der Waals surface area contributed by atoms with Crippen molar-refractivity contribution >= 4 is 0 Å². The average molecular weight is 250 g/mol. The summed E-state index contributed by atoms with van der Waals surface area (Å²) in [7, 11) is 0. The molecule has 1 aromatic carbocycles. The first-order chi connectivity index (χ1) is 5.63. The van der Waals surface area contributed by atoms with Crippen LogP contribution in [0.15, 0.2) is 18.2 Å². The molecular weight excluding hydrogens is 233 g/mol. The van der Waals surface area contributed by atoms with Gasteiger partial charge >= 0.3 is 0 Å². The summed E-state index contributed by atoms with van der Waals surface area (Å²) in [5.41, 5.74) is 2.90. The van der Waals surface area contributed by atoms with Crippen molar-refractivity contribution < 1.29 is 32.7 Å². The summed E-state index contributed by atoms with van der Waals surface area (Å²) in [6.45, 7) is 8.94. The van der Waals surface area contributed by atoms with Crippen LogP contribution >= 0.6 is 0 Å². The molecule has 0 heterocycles. The van der Waals surface area contributed by atoms with E-state index >= 15 is 0 Å². The first-order valence-corrected chi connectivity index (χ1v) is 4.62. The van der Waals surface area contributed by atoms with Crippen LogP contribution in [0.25, 0.3) is 0 Å². The van der Waals surface area contributed by atoms with E-state index in [-0.39, 0.29) is 32.7 Å². The van der Waals surface area contributed by atoms with Crippen molar-refractivity contribution in [3.8, 4) is 0 Å². The molecule has 0 N–H and O–H groups in total. The van der Waals surface area contributed by atoms with Crippen molar-refractivity contribution in [3.63, 3.8) is 0 Å². The van der Waals surface area contributed by atoms with Gasteiger partial charge in [-0.3, -0.25) is 0 Å². The summed E-state index contributed by atoms with van der Waals surface area (Å²) < 4.78 is 0. The second kappa shape index (κ2) is 5.93. The first-order valence-electron chi connectivity index (χ1n) is 4.62. The molecule has 0 spiro atoms. The van der Waals surface area contributed by atoms with E-state index in [9.17, 15) is 0 Å². The van der Waals surface area contributed by atoms with Crippen LogP contribution in [0.1, 0.15) is 50.7 Å². The molecule has 0 nitrogen and oxygen atoms in total. The van der Waals surface area contributed by atoms with Gasteiger partial charge in [-0.15, -0.1) is 0 Å². The molecule has 0 unspecified atom stereocenters. The third-order valence-corrected chi connectivity index (χ3v) is 2.18. The second-order valence-electron chi connectivity index (χ2n) is 3.86. The molecule has 0 saturated heterocycles. The van der Waals surface area contributed by atoms with Gasteiger partial charge in [-0.05, 0) is 5.92 Å². The monoisotopic (exact) mass is 250 g/mol. The quantitative estimate of drug-likeness (QED) is 0.701. The number of hydrogen-bond donors (Lipinski definition) is 0. The van der Waals surface area contributed by atoms with E-state index < -0.39 is 0 Å². The SMILES string of the molecule is CC(C)c1c[c-]ccc1C(C)C.[Y]. The zero-order valence-corrected chi connectivity index (χ0v) is 11.8. The minimum atomic E-state index is 0. The molecular formula is C12H17Y-. The van der Waals surface area contributed by atoms with E-state index in [0.717, 1.165) is 0 Å². The van der Waals surface area contributed by atoms with Crippen molar-refractivity contribution in [3.05, 3.63) is 35.4 Å². The molecule has 0 atom stereocenters. The Bertz CT molecular complexity index is 224. The molecule has 1 aromatic rings. The number of rotatable bonds is 2. The Balaban J connectivity index is 0.00000144. The summed E-state index contributed by atoms with van der Waals surface area (Å²) in [5, 5.41) is 0. The normalized spacial score (nSPS) is 10.3. The average Bonchev–Trinajstić information content (AvgIpc) is 2.04. The predicted octanol–water partition coefficient (Wildman–Crippen LogP) is 3.73. The largest absolute Gasteiger partial charge is 0.184 e. The van der Waals surface area contributed by atoms with Crippen molar-refractivity contribution in [2.24, 2.45) is 0 Å². The topological polar surface area (TPSA) is 0 Å². The van der Waals surface area contributed by atoms with Crippen molar-refractivity contribution in [1.29, 1.82) is 0 Å². The van der Waals surface area contributed by atoms with Gasteiger partial charge in [0.2, 0.25) is 0 Å². The Morgan fingerprint density at radius 2 is 1.54 bits per heavy atom. The van der Waals surface area contributed by atoms with Gasteiger partial charge in [-0.1, -0.05) is 33.6 Å². The first kappa shape index (κ1) is 13.3. The predicted molar refractivity (Wildman–Crippen MR) is 53.5 cm³/mol. The molecule has 0 aliphatic heterocycles. The second-order valence-corrected chi connectivity index (χ2v) is 3.86. The fourth-order valence-corrected chi connectivity index (χ4v) is 1.48. The molecule has 0 aromatic heterocycles. The van der Waals surface area contributed by atoms with Gasteiger partial charge in [0.15, 0.2) is 0 Å². The smallest absolute Gasteiger partial charge is 0 e. The van der Waals surface area contributed by atoms with Crippen molar-refractivity contribution in [2.75, 3.05) is 0 Å². The maximum absolute atomic E-state index is 3.14. The molecule has 1 heteroatoms. The molecule has 1 rings (SSSR count). The number of hydrogen-bond acceptors (Lipinski definition) is 0. The summed E-state index contributed by atoms with van der Waals surface area (Å²) in [5.74, 6) is 1.23. The Morgan fingerprint density at radius 1 is 1.00 bits per heavy atom. The van der Waals surface area contributed by atoms with Crippen molar-refractivity contribution in [2.45, 2.75) is 39.5 Å². The van der Waals surface area contributed by atoms with Crippen LogP contribution in [0.4, 0.5) is 0 Å². The zero-order valence-electron chi connectivity index (χ0n) is 8.96. The Hall–Kier alpha value is 0.324. The van der Waals surface area contributed by atoms with Crippen LogP contribution in [-0.2, 0) is 32.7 Å². The Morgan fingerprint density at radius 3 is 1.92 bits per heavy atom. The van der Waals surface area contributed by atoms with Crippen LogP contribution in [-0.4, -0.2) is 0 Å². The van der Waals surface area contributed by atoms with Crippen LogP contribution in [0, 0.1) is 6.07 Å². The molecule has 69 valence electrons. The third kappa shape index (κ3) is 3.52. The van der Waals surface area contributed by atoms with E-state index in [1.807, 2.05) is 6.07 Å².